The number of hydrogen-bond acceptors (Lipinski definition) is 6. The van der Waals surface area contributed by atoms with E-state index in [-0.39, 0.29) is 12.6 Å². The van der Waals surface area contributed by atoms with Crippen molar-refractivity contribution in [2.75, 3.05) is 19.7 Å². The number of hydrogen-bond donors (Lipinski definition) is 2. The van der Waals surface area contributed by atoms with Crippen LogP contribution in [0.5, 0.6) is 0 Å². The van der Waals surface area contributed by atoms with Crippen LogP contribution in [0.2, 0.25) is 0 Å². The Labute approximate surface area is 191 Å². The van der Waals surface area contributed by atoms with Crippen LogP contribution in [0, 0.1) is 0 Å². The van der Waals surface area contributed by atoms with E-state index in [0.29, 0.717) is 25.1 Å². The first-order valence-corrected chi connectivity index (χ1v) is 11.8. The molecule has 3 heterocycles. The zero-order valence-corrected chi connectivity index (χ0v) is 18.9. The molecule has 4 amide bonds. The molecule has 2 atom stereocenters. The first-order valence-electron chi connectivity index (χ1n) is 10.9. The van der Waals surface area contributed by atoms with Gasteiger partial charge in [-0.2, -0.15) is 5.01 Å². The van der Waals surface area contributed by atoms with Crippen LogP contribution in [0.1, 0.15) is 36.6 Å². The zero-order chi connectivity index (χ0) is 22.6. The van der Waals surface area contributed by atoms with Gasteiger partial charge in [0.15, 0.2) is 0 Å². The number of nitrogens with zero attached hydrogens (tertiary/aromatic N) is 2. The van der Waals surface area contributed by atoms with Crippen molar-refractivity contribution in [2.45, 2.75) is 44.4 Å². The summed E-state index contributed by atoms with van der Waals surface area (Å²) in [6.45, 7) is 3.85. The van der Waals surface area contributed by atoms with Gasteiger partial charge in [-0.25, -0.2) is 4.79 Å². The molecule has 0 radical (unpaired) electrons. The molecule has 2 aromatic rings. The summed E-state index contributed by atoms with van der Waals surface area (Å²) in [5.74, 6) is -0.892. The van der Waals surface area contributed by atoms with Crippen LogP contribution >= 0.6 is 11.3 Å². The molecule has 9 heteroatoms. The van der Waals surface area contributed by atoms with Gasteiger partial charge in [-0.15, -0.1) is 11.3 Å². The number of urea groups is 1. The minimum Gasteiger partial charge on any atom is -0.377 e. The van der Waals surface area contributed by atoms with Gasteiger partial charge in [0, 0.05) is 24.6 Å². The summed E-state index contributed by atoms with van der Waals surface area (Å²) in [4.78, 5) is 41.9. The smallest absolute Gasteiger partial charge is 0.344 e. The first kappa shape index (κ1) is 22.4. The summed E-state index contributed by atoms with van der Waals surface area (Å²) in [5.41, 5.74) is 2.04. The highest BCUT2D eigenvalue weighted by Crippen LogP contribution is 2.31. The molecule has 2 N–H and O–H groups in total. The van der Waals surface area contributed by atoms with E-state index in [4.69, 9.17) is 4.74 Å². The fraction of sp³-hybridized carbons (Fsp3) is 0.435. The fourth-order valence-corrected chi connectivity index (χ4v) is 5.03. The topological polar surface area (TPSA) is 91.0 Å². The van der Waals surface area contributed by atoms with E-state index in [1.54, 1.807) is 23.5 Å². The molecule has 1 aromatic carbocycles. The number of imide groups is 1. The lowest BCUT2D eigenvalue weighted by Crippen LogP contribution is -2.51. The Morgan fingerprint density at radius 1 is 1.28 bits per heavy atom. The van der Waals surface area contributed by atoms with Crippen molar-refractivity contribution in [1.29, 1.82) is 0 Å². The van der Waals surface area contributed by atoms with Gasteiger partial charge in [0.25, 0.3) is 11.8 Å². The SMILES string of the molecule is CC[C@@]1(c2ccccc2)NC(=O)N(NC(=O)CN(Cc2cccs2)C[C@@H]2CCCO2)C1=O. The van der Waals surface area contributed by atoms with Gasteiger partial charge in [-0.3, -0.25) is 19.9 Å². The van der Waals surface area contributed by atoms with Crippen LogP contribution < -0.4 is 10.7 Å². The minimum absolute atomic E-state index is 0.0548. The molecule has 2 aliphatic heterocycles. The summed E-state index contributed by atoms with van der Waals surface area (Å²) in [5, 5.41) is 5.59. The fourth-order valence-electron chi connectivity index (χ4n) is 4.29. The lowest BCUT2D eigenvalue weighted by Gasteiger charge is -2.26. The highest BCUT2D eigenvalue weighted by Gasteiger charge is 2.52. The van der Waals surface area contributed by atoms with Crippen LogP contribution in [0.25, 0.3) is 0 Å². The normalized spacial score (nSPS) is 23.1. The predicted molar refractivity (Wildman–Crippen MR) is 121 cm³/mol. The van der Waals surface area contributed by atoms with Gasteiger partial charge >= 0.3 is 6.03 Å². The maximum Gasteiger partial charge on any atom is 0.344 e. The number of hydrazine groups is 1. The van der Waals surface area contributed by atoms with Crippen LogP contribution in [-0.4, -0.2) is 53.6 Å². The van der Waals surface area contributed by atoms with Gasteiger partial charge < -0.3 is 10.1 Å². The Bertz CT molecular complexity index is 946. The highest BCUT2D eigenvalue weighted by molar-refractivity contribution is 7.09. The zero-order valence-electron chi connectivity index (χ0n) is 18.1. The van der Waals surface area contributed by atoms with Crippen LogP contribution in [0.4, 0.5) is 4.79 Å². The number of rotatable bonds is 9. The standard InChI is InChI=1S/C23H28N4O4S/c1-2-23(17-8-4-3-5-9-17)21(29)27(22(30)24-23)25-20(28)16-26(14-18-10-6-12-31-18)15-19-11-7-13-32-19/h3-5,7-9,11,13,18H,2,6,10,12,14-16H2,1H3,(H,24,30)(H,25,28)/t18-,23-/m0/s1. The lowest BCUT2D eigenvalue weighted by atomic mass is 9.87. The minimum atomic E-state index is -1.18. The van der Waals surface area contributed by atoms with Crippen molar-refractivity contribution >= 4 is 29.2 Å². The molecule has 4 rings (SSSR count). The Morgan fingerprint density at radius 3 is 2.75 bits per heavy atom. The summed E-state index contributed by atoms with van der Waals surface area (Å²) in [7, 11) is 0. The maximum absolute atomic E-state index is 13.2. The second-order valence-electron chi connectivity index (χ2n) is 8.11. The number of ether oxygens (including phenoxy) is 1. The summed E-state index contributed by atoms with van der Waals surface area (Å²) in [6.07, 6.45) is 2.44. The van der Waals surface area contributed by atoms with Gasteiger partial charge in [0.05, 0.1) is 12.6 Å². The Balaban J connectivity index is 1.44. The lowest BCUT2D eigenvalue weighted by molar-refractivity contribution is -0.140. The number of thiophene rings is 1. The van der Waals surface area contributed by atoms with Crippen molar-refractivity contribution in [1.82, 2.24) is 20.7 Å². The number of carbonyl (C=O) groups is 3. The average molecular weight is 457 g/mol. The van der Waals surface area contributed by atoms with Crippen molar-refractivity contribution in [3.05, 3.63) is 58.3 Å². The predicted octanol–water partition coefficient (Wildman–Crippen LogP) is 2.62. The van der Waals surface area contributed by atoms with Crippen molar-refractivity contribution in [3.8, 4) is 0 Å². The molecule has 32 heavy (non-hydrogen) atoms. The van der Waals surface area contributed by atoms with E-state index in [1.807, 2.05) is 47.5 Å². The molecule has 2 aliphatic rings. The first-order chi connectivity index (χ1) is 15.5. The van der Waals surface area contributed by atoms with Crippen LogP contribution in [0.15, 0.2) is 47.8 Å². The van der Waals surface area contributed by atoms with Gasteiger partial charge in [0.2, 0.25) is 0 Å². The van der Waals surface area contributed by atoms with E-state index in [9.17, 15) is 14.4 Å². The van der Waals surface area contributed by atoms with E-state index >= 15 is 0 Å². The van der Waals surface area contributed by atoms with Crippen LogP contribution in [0.3, 0.4) is 0 Å². The third kappa shape index (κ3) is 4.69. The number of amides is 4. The van der Waals surface area contributed by atoms with E-state index in [2.05, 4.69) is 10.7 Å². The van der Waals surface area contributed by atoms with Gasteiger partial charge in [-0.05, 0) is 36.3 Å². The molecule has 2 saturated heterocycles. The average Bonchev–Trinajstić information content (AvgIpc) is 3.54. The van der Waals surface area contributed by atoms with E-state index in [0.717, 1.165) is 29.3 Å². The van der Waals surface area contributed by atoms with E-state index < -0.39 is 23.4 Å². The van der Waals surface area contributed by atoms with Gasteiger partial charge in [0.1, 0.15) is 5.54 Å². The quantitative estimate of drug-likeness (QED) is 0.566. The molecule has 0 spiro atoms. The molecule has 0 aliphatic carbocycles. The number of nitrogens with one attached hydrogen (secondary N) is 2. The Morgan fingerprint density at radius 2 is 2.09 bits per heavy atom. The van der Waals surface area contributed by atoms with Crippen molar-refractivity contribution in [3.63, 3.8) is 0 Å². The van der Waals surface area contributed by atoms with Gasteiger partial charge in [-0.1, -0.05) is 43.3 Å². The molecule has 2 fully saturated rings. The highest BCUT2D eigenvalue weighted by atomic mass is 32.1. The molecule has 1 aromatic heterocycles. The maximum atomic E-state index is 13.2. The largest absolute Gasteiger partial charge is 0.377 e. The molecule has 170 valence electrons. The van der Waals surface area contributed by atoms with Crippen LogP contribution in [-0.2, 0) is 26.4 Å². The molecule has 0 saturated carbocycles. The molecule has 0 unspecified atom stereocenters. The molecule has 8 nitrogen and oxygen atoms in total. The molecule has 0 bridgehead atoms. The monoisotopic (exact) mass is 456 g/mol. The second-order valence-corrected chi connectivity index (χ2v) is 9.15. The summed E-state index contributed by atoms with van der Waals surface area (Å²) in [6, 6.07) is 12.5. The number of benzene rings is 1. The van der Waals surface area contributed by atoms with Crippen molar-refractivity contribution < 1.29 is 19.1 Å². The second kappa shape index (κ2) is 9.81. The third-order valence-corrected chi connectivity index (χ3v) is 6.80. The summed E-state index contributed by atoms with van der Waals surface area (Å²) >= 11 is 1.63. The molecular formula is C23H28N4O4S. The van der Waals surface area contributed by atoms with E-state index in [1.165, 1.54) is 0 Å². The number of carbonyl (C=O) groups excluding carboxylic acids is 3. The summed E-state index contributed by atoms with van der Waals surface area (Å²) < 4.78 is 5.74. The van der Waals surface area contributed by atoms with Crippen molar-refractivity contribution in [2.24, 2.45) is 0 Å². The molecular weight excluding hydrogens is 428 g/mol. The Hall–Kier alpha value is -2.75. The third-order valence-electron chi connectivity index (χ3n) is 5.94. The Kier molecular flexibility index (Phi) is 6.88.